The molecule has 0 bridgehead atoms. The van der Waals surface area contributed by atoms with Crippen molar-refractivity contribution in [2.75, 3.05) is 0 Å². The van der Waals surface area contributed by atoms with E-state index in [4.69, 9.17) is 0 Å². The van der Waals surface area contributed by atoms with Crippen molar-refractivity contribution in [1.29, 1.82) is 0 Å². The van der Waals surface area contributed by atoms with E-state index in [1.807, 2.05) is 18.2 Å². The summed E-state index contributed by atoms with van der Waals surface area (Å²) in [6, 6.07) is 16.7. The molecule has 0 fully saturated rings. The Morgan fingerprint density at radius 2 is 1.57 bits per heavy atom. The van der Waals surface area contributed by atoms with Gasteiger partial charge >= 0.3 is 0 Å². The average molecular weight is 310 g/mol. The van der Waals surface area contributed by atoms with Gasteiger partial charge in [-0.3, -0.25) is 0 Å². The van der Waals surface area contributed by atoms with E-state index in [0.717, 1.165) is 24.8 Å². The van der Waals surface area contributed by atoms with Crippen molar-refractivity contribution in [3.63, 3.8) is 0 Å². The molecule has 23 heavy (non-hydrogen) atoms. The van der Waals surface area contributed by atoms with Crippen LogP contribution in [0.2, 0.25) is 0 Å². The summed E-state index contributed by atoms with van der Waals surface area (Å²) in [6.07, 6.45) is 4.25. The summed E-state index contributed by atoms with van der Waals surface area (Å²) in [5, 5.41) is 9.81. The smallest absolute Gasteiger partial charge is 0.118 e. The van der Waals surface area contributed by atoms with Gasteiger partial charge in [-0.25, -0.2) is 0 Å². The van der Waals surface area contributed by atoms with E-state index in [0.29, 0.717) is 11.7 Å². The zero-order valence-electron chi connectivity index (χ0n) is 15.0. The van der Waals surface area contributed by atoms with Gasteiger partial charge in [0.15, 0.2) is 0 Å². The number of phenols is 1. The summed E-state index contributed by atoms with van der Waals surface area (Å²) in [5.41, 5.74) is 4.09. The lowest BCUT2D eigenvalue weighted by Crippen LogP contribution is -2.19. The molecule has 0 aliphatic rings. The second kappa shape index (κ2) is 7.68. The summed E-state index contributed by atoms with van der Waals surface area (Å²) in [7, 11) is 0. The minimum absolute atomic E-state index is 0.239. The van der Waals surface area contributed by atoms with Crippen molar-refractivity contribution in [1.82, 2.24) is 0 Å². The van der Waals surface area contributed by atoms with Crippen LogP contribution in [0.1, 0.15) is 57.2 Å². The fourth-order valence-corrected chi connectivity index (χ4v) is 3.47. The van der Waals surface area contributed by atoms with Crippen molar-refractivity contribution in [2.45, 2.75) is 58.8 Å². The molecule has 2 aromatic carbocycles. The maximum Gasteiger partial charge on any atom is 0.118 e. The fourth-order valence-electron chi connectivity index (χ4n) is 3.47. The third-order valence-electron chi connectivity index (χ3n) is 4.56. The summed E-state index contributed by atoms with van der Waals surface area (Å²) < 4.78 is 0. The van der Waals surface area contributed by atoms with Crippen molar-refractivity contribution in [3.05, 3.63) is 65.2 Å². The van der Waals surface area contributed by atoms with Gasteiger partial charge in [-0.05, 0) is 59.8 Å². The van der Waals surface area contributed by atoms with E-state index in [2.05, 4.69) is 52.0 Å². The number of hydrogen-bond donors (Lipinski definition) is 1. The van der Waals surface area contributed by atoms with Crippen LogP contribution in [0, 0.1) is 5.92 Å². The highest BCUT2D eigenvalue weighted by Gasteiger charge is 2.21. The summed E-state index contributed by atoms with van der Waals surface area (Å²) >= 11 is 0. The molecule has 0 saturated carbocycles. The number of hydrogen-bond acceptors (Lipinski definition) is 1. The van der Waals surface area contributed by atoms with Crippen LogP contribution in [0.3, 0.4) is 0 Å². The topological polar surface area (TPSA) is 20.2 Å². The molecule has 0 aliphatic carbocycles. The molecule has 1 N–H and O–H groups in total. The van der Waals surface area contributed by atoms with E-state index in [1.165, 1.54) is 17.5 Å². The zero-order chi connectivity index (χ0) is 16.9. The minimum Gasteiger partial charge on any atom is -0.508 e. The Labute approximate surface area is 141 Å². The van der Waals surface area contributed by atoms with E-state index in [9.17, 15) is 5.11 Å². The standard InChI is InChI=1S/C22H30O/c1-17(2)16-22(3,4)20-14-12-18(13-15-20)8-7-10-19-9-5-6-11-21(19)23/h5-6,9,11-15,17,23H,7-8,10,16H2,1-4H3. The van der Waals surface area contributed by atoms with E-state index >= 15 is 0 Å². The molecule has 0 heterocycles. The first-order valence-electron chi connectivity index (χ1n) is 8.75. The van der Waals surface area contributed by atoms with Gasteiger partial charge in [0.05, 0.1) is 0 Å². The molecule has 0 saturated heterocycles. The quantitative estimate of drug-likeness (QED) is 0.676. The van der Waals surface area contributed by atoms with Crippen LogP contribution in [0.15, 0.2) is 48.5 Å². The number of aromatic hydroxyl groups is 1. The minimum atomic E-state index is 0.239. The average Bonchev–Trinajstić information content (AvgIpc) is 2.48. The van der Waals surface area contributed by atoms with Crippen LogP contribution in [0.4, 0.5) is 0 Å². The Kier molecular flexibility index (Phi) is 5.87. The summed E-state index contributed by atoms with van der Waals surface area (Å²) in [5.74, 6) is 1.13. The Balaban J connectivity index is 1.91. The first-order chi connectivity index (χ1) is 10.9. The highest BCUT2D eigenvalue weighted by atomic mass is 16.3. The molecule has 1 nitrogen and oxygen atoms in total. The van der Waals surface area contributed by atoms with Crippen molar-refractivity contribution < 1.29 is 5.11 Å². The molecule has 0 radical (unpaired) electrons. The second-order valence-electron chi connectivity index (χ2n) is 7.66. The van der Waals surface area contributed by atoms with Gasteiger partial charge in [0.1, 0.15) is 5.75 Å². The number of benzene rings is 2. The van der Waals surface area contributed by atoms with Crippen LogP contribution in [0.25, 0.3) is 0 Å². The summed E-state index contributed by atoms with van der Waals surface area (Å²) in [4.78, 5) is 0. The molecule has 0 unspecified atom stereocenters. The predicted octanol–water partition coefficient (Wildman–Crippen LogP) is 5.89. The van der Waals surface area contributed by atoms with Crippen LogP contribution in [0.5, 0.6) is 5.75 Å². The van der Waals surface area contributed by atoms with Crippen LogP contribution < -0.4 is 0 Å². The molecule has 0 amide bonds. The highest BCUT2D eigenvalue weighted by Crippen LogP contribution is 2.30. The maximum absolute atomic E-state index is 9.81. The number of rotatable bonds is 7. The SMILES string of the molecule is CC(C)CC(C)(C)c1ccc(CCCc2ccccc2O)cc1. The van der Waals surface area contributed by atoms with E-state index < -0.39 is 0 Å². The predicted molar refractivity (Wildman–Crippen MR) is 99.1 cm³/mol. The van der Waals surface area contributed by atoms with Gasteiger partial charge in [-0.1, -0.05) is 70.2 Å². The lowest BCUT2D eigenvalue weighted by molar-refractivity contribution is 0.399. The Bertz CT molecular complexity index is 608. The molecule has 0 aromatic heterocycles. The first kappa shape index (κ1) is 17.6. The molecular formula is C22H30O. The Morgan fingerprint density at radius 1 is 0.913 bits per heavy atom. The molecule has 124 valence electrons. The van der Waals surface area contributed by atoms with Crippen LogP contribution in [-0.2, 0) is 18.3 Å². The van der Waals surface area contributed by atoms with Gasteiger partial charge in [-0.2, -0.15) is 0 Å². The normalized spacial score (nSPS) is 11.9. The third-order valence-corrected chi connectivity index (χ3v) is 4.56. The molecule has 2 rings (SSSR count). The monoisotopic (exact) mass is 310 g/mol. The van der Waals surface area contributed by atoms with Gasteiger partial charge in [0.25, 0.3) is 0 Å². The first-order valence-corrected chi connectivity index (χ1v) is 8.75. The zero-order valence-corrected chi connectivity index (χ0v) is 15.0. The van der Waals surface area contributed by atoms with Crippen LogP contribution in [-0.4, -0.2) is 5.11 Å². The van der Waals surface area contributed by atoms with Gasteiger partial charge in [-0.15, -0.1) is 0 Å². The molecule has 2 aromatic rings. The van der Waals surface area contributed by atoms with Gasteiger partial charge in [0.2, 0.25) is 0 Å². The van der Waals surface area contributed by atoms with Crippen molar-refractivity contribution in [3.8, 4) is 5.75 Å². The van der Waals surface area contributed by atoms with E-state index in [1.54, 1.807) is 6.07 Å². The Hall–Kier alpha value is -1.76. The number of phenolic OH excluding ortho intramolecular Hbond substituents is 1. The Morgan fingerprint density at radius 3 is 2.17 bits per heavy atom. The van der Waals surface area contributed by atoms with Gasteiger partial charge < -0.3 is 5.11 Å². The third kappa shape index (κ3) is 5.13. The fraction of sp³-hybridized carbons (Fsp3) is 0.455. The van der Waals surface area contributed by atoms with Crippen molar-refractivity contribution in [2.24, 2.45) is 5.92 Å². The molecular weight excluding hydrogens is 280 g/mol. The number of para-hydroxylation sites is 1. The summed E-state index contributed by atoms with van der Waals surface area (Å²) in [6.45, 7) is 9.24. The maximum atomic E-state index is 9.81. The number of aryl methyl sites for hydroxylation is 2. The molecule has 1 heteroatoms. The molecule has 0 spiro atoms. The van der Waals surface area contributed by atoms with Gasteiger partial charge in [0, 0.05) is 0 Å². The molecule has 0 atom stereocenters. The van der Waals surface area contributed by atoms with E-state index in [-0.39, 0.29) is 5.41 Å². The van der Waals surface area contributed by atoms with Crippen molar-refractivity contribution >= 4 is 0 Å². The largest absolute Gasteiger partial charge is 0.508 e. The highest BCUT2D eigenvalue weighted by molar-refractivity contribution is 5.32. The molecule has 0 aliphatic heterocycles. The second-order valence-corrected chi connectivity index (χ2v) is 7.66. The lowest BCUT2D eigenvalue weighted by Gasteiger charge is -2.27. The van der Waals surface area contributed by atoms with Crippen LogP contribution >= 0.6 is 0 Å². The lowest BCUT2D eigenvalue weighted by atomic mass is 9.77.